The lowest BCUT2D eigenvalue weighted by Gasteiger charge is -2.35. The summed E-state index contributed by atoms with van der Waals surface area (Å²) in [7, 11) is 1.68. The summed E-state index contributed by atoms with van der Waals surface area (Å²) in [6.07, 6.45) is 0. The lowest BCUT2D eigenvalue weighted by Crippen LogP contribution is -2.51. The van der Waals surface area contributed by atoms with Gasteiger partial charge >= 0.3 is 0 Å². The molecule has 0 saturated carbocycles. The van der Waals surface area contributed by atoms with Crippen LogP contribution in [0.2, 0.25) is 0 Å². The van der Waals surface area contributed by atoms with E-state index in [1.807, 2.05) is 12.1 Å². The van der Waals surface area contributed by atoms with Gasteiger partial charge in [-0.15, -0.1) is 0 Å². The van der Waals surface area contributed by atoms with Gasteiger partial charge in [0.25, 0.3) is 0 Å². The second kappa shape index (κ2) is 7.45. The summed E-state index contributed by atoms with van der Waals surface area (Å²) in [6, 6.07) is 8.06. The van der Waals surface area contributed by atoms with Crippen LogP contribution in [-0.2, 0) is 6.54 Å². The van der Waals surface area contributed by atoms with Gasteiger partial charge in [-0.2, -0.15) is 0 Å². The highest BCUT2D eigenvalue weighted by Crippen LogP contribution is 2.11. The normalized spacial score (nSPS) is 16.0. The Balaban J connectivity index is 1.77. The molecular weight excluding hydrogens is 270 g/mol. The number of nitrogens with one attached hydrogen (secondary N) is 1. The van der Waals surface area contributed by atoms with E-state index in [-0.39, 0.29) is 0 Å². The van der Waals surface area contributed by atoms with E-state index in [1.54, 1.807) is 7.11 Å². The highest BCUT2D eigenvalue weighted by atomic mass is 32.1. The Hall–Kier alpha value is -1.33. The maximum Gasteiger partial charge on any atom is 0.169 e. The standard InChI is InChI=1S/C15H23N3OS/c1-3-17-8-10-18(11-9-17)15(20)16-12-13-4-6-14(19-2)7-5-13/h4-7H,3,8-12H2,1-2H3,(H,16,20). The molecule has 1 aliphatic heterocycles. The molecule has 0 amide bonds. The molecule has 20 heavy (non-hydrogen) atoms. The van der Waals surface area contributed by atoms with Crippen LogP contribution < -0.4 is 10.1 Å². The van der Waals surface area contributed by atoms with Gasteiger partial charge in [-0.1, -0.05) is 19.1 Å². The maximum absolute atomic E-state index is 5.47. The molecular formula is C15H23N3OS. The predicted molar refractivity (Wildman–Crippen MR) is 86.1 cm³/mol. The van der Waals surface area contributed by atoms with E-state index in [9.17, 15) is 0 Å². The van der Waals surface area contributed by atoms with Crippen molar-refractivity contribution in [2.24, 2.45) is 0 Å². The van der Waals surface area contributed by atoms with Crippen molar-refractivity contribution < 1.29 is 4.74 Å². The quantitative estimate of drug-likeness (QED) is 0.853. The first-order valence-electron chi connectivity index (χ1n) is 7.11. The first-order valence-corrected chi connectivity index (χ1v) is 7.52. The molecule has 0 aliphatic carbocycles. The number of ether oxygens (including phenoxy) is 1. The molecule has 0 spiro atoms. The number of likely N-dealkylation sites (N-methyl/N-ethyl adjacent to an activating group) is 1. The second-order valence-electron chi connectivity index (χ2n) is 4.93. The fourth-order valence-corrected chi connectivity index (χ4v) is 2.55. The Bertz CT molecular complexity index is 427. The Kier molecular flexibility index (Phi) is 5.61. The molecule has 0 aromatic heterocycles. The van der Waals surface area contributed by atoms with Crippen LogP contribution >= 0.6 is 12.2 Å². The molecule has 1 aromatic rings. The van der Waals surface area contributed by atoms with Crippen LogP contribution in [0.3, 0.4) is 0 Å². The van der Waals surface area contributed by atoms with Crippen LogP contribution in [0.4, 0.5) is 0 Å². The summed E-state index contributed by atoms with van der Waals surface area (Å²) in [5.41, 5.74) is 1.21. The molecule has 1 saturated heterocycles. The molecule has 1 N–H and O–H groups in total. The summed E-state index contributed by atoms with van der Waals surface area (Å²) in [4.78, 5) is 4.70. The largest absolute Gasteiger partial charge is 0.497 e. The van der Waals surface area contributed by atoms with Crippen molar-refractivity contribution in [1.82, 2.24) is 15.1 Å². The van der Waals surface area contributed by atoms with Gasteiger partial charge in [-0.05, 0) is 36.5 Å². The molecule has 0 unspecified atom stereocenters. The van der Waals surface area contributed by atoms with E-state index in [2.05, 4.69) is 34.2 Å². The van der Waals surface area contributed by atoms with Gasteiger partial charge in [-0.25, -0.2) is 0 Å². The number of hydrogen-bond donors (Lipinski definition) is 1. The van der Waals surface area contributed by atoms with Crippen LogP contribution in [0.15, 0.2) is 24.3 Å². The van der Waals surface area contributed by atoms with Crippen molar-refractivity contribution >= 4 is 17.3 Å². The van der Waals surface area contributed by atoms with Crippen molar-refractivity contribution in [2.45, 2.75) is 13.5 Å². The third kappa shape index (κ3) is 4.08. The van der Waals surface area contributed by atoms with Crippen molar-refractivity contribution in [3.05, 3.63) is 29.8 Å². The maximum atomic E-state index is 5.47. The van der Waals surface area contributed by atoms with E-state index in [4.69, 9.17) is 17.0 Å². The van der Waals surface area contributed by atoms with Gasteiger partial charge in [0.1, 0.15) is 5.75 Å². The second-order valence-corrected chi connectivity index (χ2v) is 5.31. The minimum absolute atomic E-state index is 0.761. The summed E-state index contributed by atoms with van der Waals surface area (Å²) in [5.74, 6) is 0.881. The summed E-state index contributed by atoms with van der Waals surface area (Å²) >= 11 is 5.47. The van der Waals surface area contributed by atoms with E-state index in [0.717, 1.165) is 50.1 Å². The number of nitrogens with zero attached hydrogens (tertiary/aromatic N) is 2. The molecule has 1 aromatic carbocycles. The molecule has 4 nitrogen and oxygen atoms in total. The number of rotatable bonds is 4. The van der Waals surface area contributed by atoms with Crippen LogP contribution in [0, 0.1) is 0 Å². The third-order valence-corrected chi connectivity index (χ3v) is 4.11. The zero-order valence-corrected chi connectivity index (χ0v) is 13.1. The fraction of sp³-hybridized carbons (Fsp3) is 0.533. The lowest BCUT2D eigenvalue weighted by atomic mass is 10.2. The summed E-state index contributed by atoms with van der Waals surface area (Å²) < 4.78 is 5.15. The number of thiocarbonyl (C=S) groups is 1. The third-order valence-electron chi connectivity index (χ3n) is 3.71. The molecule has 1 aliphatic rings. The van der Waals surface area contributed by atoms with E-state index in [1.165, 1.54) is 5.56 Å². The zero-order valence-electron chi connectivity index (χ0n) is 12.3. The van der Waals surface area contributed by atoms with E-state index in [0.29, 0.717) is 0 Å². The monoisotopic (exact) mass is 293 g/mol. The smallest absolute Gasteiger partial charge is 0.169 e. The van der Waals surface area contributed by atoms with Gasteiger partial charge in [0.05, 0.1) is 7.11 Å². The topological polar surface area (TPSA) is 27.7 Å². The number of methoxy groups -OCH3 is 1. The lowest BCUT2D eigenvalue weighted by molar-refractivity contribution is 0.189. The Morgan fingerprint density at radius 1 is 1.20 bits per heavy atom. The highest BCUT2D eigenvalue weighted by Gasteiger charge is 2.17. The first kappa shape index (κ1) is 15.1. The van der Waals surface area contributed by atoms with Crippen molar-refractivity contribution in [2.75, 3.05) is 39.8 Å². The average Bonchev–Trinajstić information content (AvgIpc) is 2.53. The Morgan fingerprint density at radius 2 is 1.85 bits per heavy atom. The van der Waals surface area contributed by atoms with Crippen molar-refractivity contribution in [3.63, 3.8) is 0 Å². The minimum atomic E-state index is 0.761. The van der Waals surface area contributed by atoms with Crippen molar-refractivity contribution in [3.8, 4) is 5.75 Å². The van der Waals surface area contributed by atoms with Crippen LogP contribution in [-0.4, -0.2) is 54.7 Å². The van der Waals surface area contributed by atoms with Gasteiger partial charge < -0.3 is 19.9 Å². The van der Waals surface area contributed by atoms with E-state index >= 15 is 0 Å². The summed E-state index contributed by atoms with van der Waals surface area (Å²) in [6.45, 7) is 8.32. The van der Waals surface area contributed by atoms with Crippen LogP contribution in [0.1, 0.15) is 12.5 Å². The number of hydrogen-bond acceptors (Lipinski definition) is 3. The molecule has 5 heteroatoms. The van der Waals surface area contributed by atoms with E-state index < -0.39 is 0 Å². The molecule has 1 heterocycles. The van der Waals surface area contributed by atoms with Crippen molar-refractivity contribution in [1.29, 1.82) is 0 Å². The van der Waals surface area contributed by atoms with Gasteiger partial charge in [0, 0.05) is 32.7 Å². The van der Waals surface area contributed by atoms with Crippen LogP contribution in [0.5, 0.6) is 5.75 Å². The molecule has 1 fully saturated rings. The molecule has 0 radical (unpaired) electrons. The number of benzene rings is 1. The van der Waals surface area contributed by atoms with Crippen LogP contribution in [0.25, 0.3) is 0 Å². The molecule has 0 atom stereocenters. The SMILES string of the molecule is CCN1CCN(C(=S)NCc2ccc(OC)cc2)CC1. The summed E-state index contributed by atoms with van der Waals surface area (Å²) in [5, 5.41) is 4.19. The predicted octanol–water partition coefficient (Wildman–Crippen LogP) is 1.71. The highest BCUT2D eigenvalue weighted by molar-refractivity contribution is 7.80. The van der Waals surface area contributed by atoms with Gasteiger partial charge in [0.2, 0.25) is 0 Å². The molecule has 2 rings (SSSR count). The minimum Gasteiger partial charge on any atom is -0.497 e. The first-order chi connectivity index (χ1) is 9.72. The average molecular weight is 293 g/mol. The Morgan fingerprint density at radius 3 is 2.40 bits per heavy atom. The molecule has 110 valence electrons. The Labute approximate surface area is 126 Å². The zero-order chi connectivity index (χ0) is 14.4. The fourth-order valence-electron chi connectivity index (χ4n) is 2.30. The number of piperazine rings is 1. The molecule has 0 bridgehead atoms. The van der Waals surface area contributed by atoms with Gasteiger partial charge in [-0.3, -0.25) is 0 Å². The van der Waals surface area contributed by atoms with Gasteiger partial charge in [0.15, 0.2) is 5.11 Å².